The summed E-state index contributed by atoms with van der Waals surface area (Å²) in [5.41, 5.74) is 0.996. The average Bonchev–Trinajstić information content (AvgIpc) is 2.66. The number of nitrogens with one attached hydrogen (secondary N) is 2. The van der Waals surface area contributed by atoms with Gasteiger partial charge in [-0.1, -0.05) is 37.9 Å². The minimum absolute atomic E-state index is 0.652. The summed E-state index contributed by atoms with van der Waals surface area (Å²) in [6, 6.07) is 8.22. The zero-order chi connectivity index (χ0) is 19.2. The quantitative estimate of drug-likeness (QED) is 0.648. The van der Waals surface area contributed by atoms with Crippen LogP contribution in [0.3, 0.4) is 0 Å². The number of hydrogen-bond acceptors (Lipinski definition) is 6. The molecule has 0 unspecified atom stereocenters. The van der Waals surface area contributed by atoms with Crippen LogP contribution in [0.2, 0.25) is 0 Å². The Balaban J connectivity index is 1.52. The fourth-order valence-electron chi connectivity index (χ4n) is 3.69. The topological polar surface area (TPSA) is 53.1 Å². The lowest BCUT2D eigenvalue weighted by Crippen LogP contribution is -2.27. The van der Waals surface area contributed by atoms with Gasteiger partial charge in [0.15, 0.2) is 0 Å². The number of fused-ring (bicyclic) bond motifs is 1. The van der Waals surface area contributed by atoms with Gasteiger partial charge in [0.25, 0.3) is 0 Å². The Bertz CT molecular complexity index is 726. The van der Waals surface area contributed by atoms with Crippen molar-refractivity contribution in [2.75, 3.05) is 37.4 Å². The van der Waals surface area contributed by atoms with Gasteiger partial charge in [-0.3, -0.25) is 4.72 Å². The van der Waals surface area contributed by atoms with E-state index >= 15 is 0 Å². The van der Waals surface area contributed by atoms with Crippen molar-refractivity contribution in [2.45, 2.75) is 44.8 Å². The van der Waals surface area contributed by atoms with Crippen LogP contribution in [0.15, 0.2) is 24.3 Å². The summed E-state index contributed by atoms with van der Waals surface area (Å²) in [6.45, 7) is 6.57. The molecule has 2 aromatic rings. The Morgan fingerprint density at radius 1 is 1.04 bits per heavy atom. The van der Waals surface area contributed by atoms with E-state index in [0.717, 1.165) is 47.6 Å². The predicted molar refractivity (Wildman–Crippen MR) is 119 cm³/mol. The zero-order valence-corrected chi connectivity index (χ0v) is 17.9. The van der Waals surface area contributed by atoms with E-state index in [1.807, 2.05) is 38.2 Å². The molecule has 0 radical (unpaired) electrons. The van der Waals surface area contributed by atoms with Gasteiger partial charge in [0.05, 0.1) is 5.52 Å². The van der Waals surface area contributed by atoms with Crippen LogP contribution in [0.25, 0.3) is 10.9 Å². The molecule has 0 atom stereocenters. The molecule has 1 heterocycles. The first-order valence-corrected chi connectivity index (χ1v) is 11.0. The molecule has 3 rings (SSSR count). The maximum absolute atomic E-state index is 4.75. The Morgan fingerprint density at radius 3 is 2.37 bits per heavy atom. The minimum Gasteiger partial charge on any atom is -0.362 e. The largest absolute Gasteiger partial charge is 0.362 e. The maximum atomic E-state index is 4.75. The fraction of sp³-hybridized carbons (Fsp3) is 0.619. The molecule has 6 heteroatoms. The first-order chi connectivity index (χ1) is 13.0. The van der Waals surface area contributed by atoms with Gasteiger partial charge in [-0.15, -0.1) is 0 Å². The van der Waals surface area contributed by atoms with E-state index in [4.69, 9.17) is 9.97 Å². The van der Waals surface area contributed by atoms with E-state index in [9.17, 15) is 0 Å². The van der Waals surface area contributed by atoms with E-state index in [1.165, 1.54) is 25.7 Å². The molecule has 2 N–H and O–H groups in total. The molecule has 148 valence electrons. The molecule has 0 saturated heterocycles. The van der Waals surface area contributed by atoms with Crippen molar-refractivity contribution in [3.05, 3.63) is 24.3 Å². The van der Waals surface area contributed by atoms with Crippen LogP contribution in [-0.2, 0) is 0 Å². The second-order valence-electron chi connectivity index (χ2n) is 8.07. The van der Waals surface area contributed by atoms with Crippen LogP contribution in [0.4, 0.5) is 11.8 Å². The third kappa shape index (κ3) is 5.72. The Morgan fingerprint density at radius 2 is 1.70 bits per heavy atom. The molecule has 27 heavy (non-hydrogen) atoms. The molecule has 1 aliphatic carbocycles. The highest BCUT2D eigenvalue weighted by atomic mass is 32.2. The van der Waals surface area contributed by atoms with Gasteiger partial charge in [0, 0.05) is 37.8 Å². The summed E-state index contributed by atoms with van der Waals surface area (Å²) < 4.78 is 3.54. The van der Waals surface area contributed by atoms with Gasteiger partial charge in [0.2, 0.25) is 5.95 Å². The number of hydrogen-bond donors (Lipinski definition) is 2. The maximum Gasteiger partial charge on any atom is 0.225 e. The van der Waals surface area contributed by atoms with Gasteiger partial charge < -0.3 is 10.2 Å². The van der Waals surface area contributed by atoms with Crippen molar-refractivity contribution in [1.29, 1.82) is 0 Å². The summed E-state index contributed by atoms with van der Waals surface area (Å²) in [4.78, 5) is 11.5. The number of para-hydroxylation sites is 1. The third-order valence-electron chi connectivity index (χ3n) is 5.21. The van der Waals surface area contributed by atoms with Crippen molar-refractivity contribution < 1.29 is 0 Å². The Kier molecular flexibility index (Phi) is 7.19. The predicted octanol–water partition coefficient (Wildman–Crippen LogP) is 4.56. The van der Waals surface area contributed by atoms with E-state index in [2.05, 4.69) is 40.9 Å². The van der Waals surface area contributed by atoms with Gasteiger partial charge in [-0.25, -0.2) is 4.98 Å². The summed E-state index contributed by atoms with van der Waals surface area (Å²) >= 11 is 1.85. The molecular weight excluding hydrogens is 354 g/mol. The van der Waals surface area contributed by atoms with Crippen LogP contribution in [0.1, 0.15) is 39.5 Å². The van der Waals surface area contributed by atoms with Crippen molar-refractivity contribution in [2.24, 2.45) is 11.8 Å². The molecule has 1 aromatic heterocycles. The zero-order valence-electron chi connectivity index (χ0n) is 17.0. The van der Waals surface area contributed by atoms with Crippen molar-refractivity contribution in [1.82, 2.24) is 14.7 Å². The van der Waals surface area contributed by atoms with Crippen LogP contribution in [-0.4, -0.2) is 42.4 Å². The molecule has 1 fully saturated rings. The highest BCUT2D eigenvalue weighted by Crippen LogP contribution is 2.29. The molecule has 0 bridgehead atoms. The van der Waals surface area contributed by atoms with Crippen LogP contribution < -0.4 is 14.9 Å². The van der Waals surface area contributed by atoms with Gasteiger partial charge in [-0.2, -0.15) is 4.98 Å². The Hall–Kier alpha value is -1.53. The van der Waals surface area contributed by atoms with E-state index in [0.29, 0.717) is 5.25 Å². The number of nitrogens with zero attached hydrogens (tertiary/aromatic N) is 3. The highest BCUT2D eigenvalue weighted by Gasteiger charge is 2.21. The van der Waals surface area contributed by atoms with Crippen LogP contribution >= 0.6 is 11.9 Å². The number of benzene rings is 1. The minimum atomic E-state index is 0.652. The normalized spacial score (nSPS) is 20.2. The van der Waals surface area contributed by atoms with Gasteiger partial charge >= 0.3 is 0 Å². The molecule has 0 spiro atoms. The molecule has 0 aliphatic heterocycles. The standard InChI is InChI=1S/C21H33N5S/c1-15(2)27-23-14-17-11-9-16(10-12-17)13-22-21-24-19-8-6-5-7-18(19)20(25-21)26(3)4/h5-8,15-17,23H,9-14H2,1-4H3,(H,22,24,25). The molecule has 5 nitrogen and oxygen atoms in total. The van der Waals surface area contributed by atoms with E-state index in [-0.39, 0.29) is 0 Å². The lowest BCUT2D eigenvalue weighted by atomic mass is 9.82. The van der Waals surface area contributed by atoms with Crippen molar-refractivity contribution in [3.8, 4) is 0 Å². The molecule has 1 saturated carbocycles. The highest BCUT2D eigenvalue weighted by molar-refractivity contribution is 7.97. The number of rotatable bonds is 8. The number of anilines is 2. The SMILES string of the molecule is CC(C)SNCC1CCC(CNc2nc(N(C)C)c3ccccc3n2)CC1. The molecule has 1 aliphatic rings. The van der Waals surface area contributed by atoms with Gasteiger partial charge in [-0.05, 0) is 49.7 Å². The molecule has 0 amide bonds. The lowest BCUT2D eigenvalue weighted by molar-refractivity contribution is 0.285. The second-order valence-corrected chi connectivity index (χ2v) is 9.53. The first kappa shape index (κ1) is 20.2. The summed E-state index contributed by atoms with van der Waals surface area (Å²) in [5, 5.41) is 5.26. The van der Waals surface area contributed by atoms with Crippen molar-refractivity contribution >= 4 is 34.6 Å². The lowest BCUT2D eigenvalue weighted by Gasteiger charge is -2.29. The monoisotopic (exact) mass is 387 g/mol. The summed E-state index contributed by atoms with van der Waals surface area (Å²) in [5.74, 6) is 3.26. The van der Waals surface area contributed by atoms with Crippen LogP contribution in [0, 0.1) is 11.8 Å². The number of aromatic nitrogens is 2. The Labute approximate surface area is 167 Å². The van der Waals surface area contributed by atoms with E-state index in [1.54, 1.807) is 0 Å². The molecule has 1 aromatic carbocycles. The molecular formula is C21H33N5S. The van der Waals surface area contributed by atoms with Crippen molar-refractivity contribution in [3.63, 3.8) is 0 Å². The summed E-state index contributed by atoms with van der Waals surface area (Å²) in [7, 11) is 4.07. The van der Waals surface area contributed by atoms with Crippen LogP contribution in [0.5, 0.6) is 0 Å². The smallest absolute Gasteiger partial charge is 0.225 e. The van der Waals surface area contributed by atoms with E-state index < -0.39 is 0 Å². The van der Waals surface area contributed by atoms with Gasteiger partial charge in [0.1, 0.15) is 5.82 Å². The second kappa shape index (κ2) is 9.60. The fourth-order valence-corrected chi connectivity index (χ4v) is 4.35. The third-order valence-corrected chi connectivity index (χ3v) is 6.02. The average molecular weight is 388 g/mol. The first-order valence-electron chi connectivity index (χ1n) is 10.1. The summed E-state index contributed by atoms with van der Waals surface area (Å²) in [6.07, 6.45) is 5.22.